The second-order valence-electron chi connectivity index (χ2n) is 3.84. The summed E-state index contributed by atoms with van der Waals surface area (Å²) in [4.78, 5) is 17.7. The van der Waals surface area contributed by atoms with Crippen molar-refractivity contribution < 1.29 is 4.79 Å². The zero-order valence-corrected chi connectivity index (χ0v) is 10.8. The number of rotatable bonds is 5. The van der Waals surface area contributed by atoms with Gasteiger partial charge in [-0.2, -0.15) is 0 Å². The minimum atomic E-state index is -0.0449. The molecule has 0 aliphatic carbocycles. The summed E-state index contributed by atoms with van der Waals surface area (Å²) in [6, 6.07) is 0. The van der Waals surface area contributed by atoms with Crippen LogP contribution in [-0.2, 0) is 24.4 Å². The molecule has 96 valence electrons. The van der Waals surface area contributed by atoms with E-state index in [4.69, 9.17) is 5.73 Å². The van der Waals surface area contributed by atoms with Gasteiger partial charge in [-0.05, 0) is 0 Å². The van der Waals surface area contributed by atoms with Gasteiger partial charge in [0.25, 0.3) is 0 Å². The van der Waals surface area contributed by atoms with Crippen LogP contribution >= 0.6 is 11.3 Å². The lowest BCUT2D eigenvalue weighted by atomic mass is 10.4. The van der Waals surface area contributed by atoms with Crippen LogP contribution in [-0.4, -0.2) is 37.8 Å². The predicted molar refractivity (Wildman–Crippen MR) is 66.5 cm³/mol. The highest BCUT2D eigenvalue weighted by atomic mass is 32.1. The van der Waals surface area contributed by atoms with Gasteiger partial charge < -0.3 is 10.6 Å². The third kappa shape index (κ3) is 3.11. The highest BCUT2D eigenvalue weighted by Crippen LogP contribution is 2.04. The van der Waals surface area contributed by atoms with Gasteiger partial charge in [-0.1, -0.05) is 5.21 Å². The molecule has 0 aliphatic heterocycles. The number of likely N-dealkylation sites (N-methyl/N-ethyl adjacent to an activating group) is 1. The third-order valence-electron chi connectivity index (χ3n) is 2.40. The molecule has 8 heteroatoms. The molecule has 0 spiro atoms. The van der Waals surface area contributed by atoms with Gasteiger partial charge in [0.05, 0.1) is 29.6 Å². The number of amides is 1. The van der Waals surface area contributed by atoms with Crippen LogP contribution in [0.1, 0.15) is 11.4 Å². The summed E-state index contributed by atoms with van der Waals surface area (Å²) in [7, 11) is 1.74. The quantitative estimate of drug-likeness (QED) is 0.813. The average Bonchev–Trinajstić information content (AvgIpc) is 3.00. The van der Waals surface area contributed by atoms with Crippen molar-refractivity contribution in [3.63, 3.8) is 0 Å². The van der Waals surface area contributed by atoms with Gasteiger partial charge in [0.1, 0.15) is 6.54 Å². The first-order valence-corrected chi connectivity index (χ1v) is 6.33. The number of hydrogen-bond donors (Lipinski definition) is 1. The first-order chi connectivity index (χ1) is 8.69. The standard InChI is InChI=1S/C10H14N6OS/c1-15(3-9-6-18-7-12-9)10(17)5-16-4-8(2-11)13-14-16/h4,6-7H,2-3,5,11H2,1H3. The zero-order valence-electron chi connectivity index (χ0n) is 9.98. The molecule has 0 unspecified atom stereocenters. The monoisotopic (exact) mass is 266 g/mol. The Morgan fingerprint density at radius 2 is 2.39 bits per heavy atom. The Hall–Kier alpha value is -1.80. The molecule has 0 fully saturated rings. The fraction of sp³-hybridized carbons (Fsp3) is 0.400. The van der Waals surface area contributed by atoms with Crippen molar-refractivity contribution in [3.05, 3.63) is 28.5 Å². The SMILES string of the molecule is CN(Cc1cscn1)C(=O)Cn1cc(CN)nn1. The average molecular weight is 266 g/mol. The molecule has 0 saturated carbocycles. The van der Waals surface area contributed by atoms with Gasteiger partial charge in [-0.15, -0.1) is 16.4 Å². The Morgan fingerprint density at radius 3 is 3.00 bits per heavy atom. The molecule has 2 aromatic heterocycles. The van der Waals surface area contributed by atoms with E-state index >= 15 is 0 Å². The van der Waals surface area contributed by atoms with Gasteiger partial charge in [0.2, 0.25) is 5.91 Å². The number of aromatic nitrogens is 4. The number of thiazole rings is 1. The lowest BCUT2D eigenvalue weighted by Crippen LogP contribution is -2.30. The molecule has 0 aromatic carbocycles. The number of nitrogens with two attached hydrogens (primary N) is 1. The number of hydrogen-bond acceptors (Lipinski definition) is 6. The first-order valence-electron chi connectivity index (χ1n) is 5.39. The summed E-state index contributed by atoms with van der Waals surface area (Å²) in [5.74, 6) is -0.0449. The lowest BCUT2D eigenvalue weighted by molar-refractivity contribution is -0.131. The Kier molecular flexibility index (Phi) is 4.00. The molecule has 1 amide bonds. The van der Waals surface area contributed by atoms with E-state index in [2.05, 4.69) is 15.3 Å². The summed E-state index contributed by atoms with van der Waals surface area (Å²) in [5.41, 5.74) is 8.73. The Morgan fingerprint density at radius 1 is 1.56 bits per heavy atom. The maximum Gasteiger partial charge on any atom is 0.244 e. The molecule has 2 heterocycles. The summed E-state index contributed by atoms with van der Waals surface area (Å²) in [5, 5.41) is 9.58. The van der Waals surface area contributed by atoms with Crippen LogP contribution in [0.15, 0.2) is 17.1 Å². The molecule has 0 bridgehead atoms. The van der Waals surface area contributed by atoms with Crippen LogP contribution in [0.25, 0.3) is 0 Å². The molecular weight excluding hydrogens is 252 g/mol. The van der Waals surface area contributed by atoms with Crippen molar-refractivity contribution in [1.29, 1.82) is 0 Å². The predicted octanol–water partition coefficient (Wildman–Crippen LogP) is -0.148. The molecule has 2 rings (SSSR count). The van der Waals surface area contributed by atoms with Crippen molar-refractivity contribution in [2.45, 2.75) is 19.6 Å². The molecule has 18 heavy (non-hydrogen) atoms. The van der Waals surface area contributed by atoms with Crippen LogP contribution in [0.5, 0.6) is 0 Å². The van der Waals surface area contributed by atoms with Crippen LogP contribution in [0, 0.1) is 0 Å². The molecule has 0 aliphatic rings. The topological polar surface area (TPSA) is 89.9 Å². The number of nitrogens with zero attached hydrogens (tertiary/aromatic N) is 5. The Balaban J connectivity index is 1.90. The van der Waals surface area contributed by atoms with E-state index in [1.54, 1.807) is 23.7 Å². The van der Waals surface area contributed by atoms with Crippen LogP contribution in [0.3, 0.4) is 0 Å². The summed E-state index contributed by atoms with van der Waals surface area (Å²) >= 11 is 1.51. The fourth-order valence-corrected chi connectivity index (χ4v) is 1.97. The van der Waals surface area contributed by atoms with E-state index in [0.717, 1.165) is 5.69 Å². The fourth-order valence-electron chi connectivity index (χ4n) is 1.42. The largest absolute Gasteiger partial charge is 0.338 e. The first kappa shape index (κ1) is 12.7. The maximum absolute atomic E-state index is 11.9. The van der Waals surface area contributed by atoms with Crippen molar-refractivity contribution in [2.24, 2.45) is 5.73 Å². The Labute approximate surface area is 108 Å². The molecule has 2 N–H and O–H groups in total. The van der Waals surface area contributed by atoms with Crippen molar-refractivity contribution in [3.8, 4) is 0 Å². The maximum atomic E-state index is 11.9. The minimum absolute atomic E-state index is 0.0449. The van der Waals surface area contributed by atoms with E-state index in [-0.39, 0.29) is 12.5 Å². The van der Waals surface area contributed by atoms with E-state index in [1.807, 2.05) is 5.38 Å². The second-order valence-corrected chi connectivity index (χ2v) is 4.56. The smallest absolute Gasteiger partial charge is 0.244 e. The highest BCUT2D eigenvalue weighted by molar-refractivity contribution is 7.07. The molecule has 0 radical (unpaired) electrons. The van der Waals surface area contributed by atoms with Gasteiger partial charge >= 0.3 is 0 Å². The lowest BCUT2D eigenvalue weighted by Gasteiger charge is -2.15. The van der Waals surface area contributed by atoms with Gasteiger partial charge in [-0.25, -0.2) is 9.67 Å². The second kappa shape index (κ2) is 5.69. The molecular formula is C10H14N6OS. The van der Waals surface area contributed by atoms with Crippen LogP contribution < -0.4 is 5.73 Å². The van der Waals surface area contributed by atoms with Crippen LogP contribution in [0.2, 0.25) is 0 Å². The number of carbonyl (C=O) groups excluding carboxylic acids is 1. The summed E-state index contributed by atoms with van der Waals surface area (Å²) in [6.07, 6.45) is 1.68. The third-order valence-corrected chi connectivity index (χ3v) is 3.04. The van der Waals surface area contributed by atoms with Crippen molar-refractivity contribution in [1.82, 2.24) is 24.9 Å². The van der Waals surface area contributed by atoms with E-state index in [9.17, 15) is 4.79 Å². The molecule has 0 saturated heterocycles. The number of carbonyl (C=O) groups is 1. The molecule has 0 atom stereocenters. The van der Waals surface area contributed by atoms with Gasteiger partial charge in [-0.3, -0.25) is 4.79 Å². The van der Waals surface area contributed by atoms with Crippen LogP contribution in [0.4, 0.5) is 0 Å². The van der Waals surface area contributed by atoms with E-state index in [0.29, 0.717) is 18.8 Å². The van der Waals surface area contributed by atoms with Gasteiger partial charge in [0.15, 0.2) is 0 Å². The summed E-state index contributed by atoms with van der Waals surface area (Å²) < 4.78 is 1.49. The highest BCUT2D eigenvalue weighted by Gasteiger charge is 2.12. The minimum Gasteiger partial charge on any atom is -0.338 e. The molecule has 7 nitrogen and oxygen atoms in total. The zero-order chi connectivity index (χ0) is 13.0. The molecule has 2 aromatic rings. The van der Waals surface area contributed by atoms with E-state index in [1.165, 1.54) is 16.0 Å². The normalized spacial score (nSPS) is 10.6. The van der Waals surface area contributed by atoms with Crippen molar-refractivity contribution >= 4 is 17.2 Å². The van der Waals surface area contributed by atoms with Crippen molar-refractivity contribution in [2.75, 3.05) is 7.05 Å². The van der Waals surface area contributed by atoms with E-state index < -0.39 is 0 Å². The summed E-state index contributed by atoms with van der Waals surface area (Å²) in [6.45, 7) is 0.983. The Bertz CT molecular complexity index is 508. The van der Waals surface area contributed by atoms with Gasteiger partial charge in [0, 0.05) is 19.0 Å².